The van der Waals surface area contributed by atoms with Crippen molar-refractivity contribution in [2.45, 2.75) is 38.3 Å². The standard InChI is InChI=1S/C23H29N3O4/c1-4-5-8-22(27)26(14-18-7-6-9-28-18)13-17-10-16-11-20-21(30-15-29-20)12-19(16)24-23(17)25(2)3/h4,10-12,18H,1,5-9,13-15H2,2-3H3. The minimum atomic E-state index is 0.0997. The number of hydrogen-bond donors (Lipinski definition) is 0. The molecule has 1 unspecified atom stereocenters. The Hall–Kier alpha value is -2.80. The van der Waals surface area contributed by atoms with Crippen LogP contribution in [0.2, 0.25) is 0 Å². The summed E-state index contributed by atoms with van der Waals surface area (Å²) in [5.74, 6) is 2.40. The molecule has 0 bridgehead atoms. The van der Waals surface area contributed by atoms with Crippen molar-refractivity contribution in [1.29, 1.82) is 0 Å². The number of rotatable bonds is 8. The van der Waals surface area contributed by atoms with E-state index in [2.05, 4.69) is 12.6 Å². The molecule has 1 atom stereocenters. The summed E-state index contributed by atoms with van der Waals surface area (Å²) < 4.78 is 16.8. The van der Waals surface area contributed by atoms with Gasteiger partial charge in [0.2, 0.25) is 12.7 Å². The third kappa shape index (κ3) is 4.36. The van der Waals surface area contributed by atoms with Crippen LogP contribution in [0.5, 0.6) is 11.5 Å². The van der Waals surface area contributed by atoms with Crippen LogP contribution in [-0.2, 0) is 16.1 Å². The molecule has 1 amide bonds. The SMILES string of the molecule is C=CCCC(=O)N(Cc1cc2cc3c(cc2nc1N(C)C)OCO3)CC1CCCO1. The summed E-state index contributed by atoms with van der Waals surface area (Å²) >= 11 is 0. The Labute approximate surface area is 177 Å². The molecule has 2 aliphatic rings. The third-order valence-electron chi connectivity index (χ3n) is 5.51. The molecule has 1 fully saturated rings. The number of carbonyl (C=O) groups excluding carboxylic acids is 1. The van der Waals surface area contributed by atoms with Gasteiger partial charge in [0.25, 0.3) is 0 Å². The zero-order valence-electron chi connectivity index (χ0n) is 17.7. The number of amides is 1. The molecule has 0 N–H and O–H groups in total. The van der Waals surface area contributed by atoms with Crippen LogP contribution in [0.1, 0.15) is 31.2 Å². The maximum Gasteiger partial charge on any atom is 0.231 e. The molecular weight excluding hydrogens is 382 g/mol. The Morgan fingerprint density at radius 1 is 1.27 bits per heavy atom. The molecule has 160 valence electrons. The number of nitrogens with zero attached hydrogens (tertiary/aromatic N) is 3. The van der Waals surface area contributed by atoms with E-state index in [-0.39, 0.29) is 18.8 Å². The van der Waals surface area contributed by atoms with Crippen LogP contribution in [0.3, 0.4) is 0 Å². The fourth-order valence-corrected chi connectivity index (χ4v) is 3.98. The highest BCUT2D eigenvalue weighted by molar-refractivity contribution is 5.86. The van der Waals surface area contributed by atoms with E-state index in [4.69, 9.17) is 19.2 Å². The van der Waals surface area contributed by atoms with Crippen molar-refractivity contribution >= 4 is 22.6 Å². The number of hydrogen-bond acceptors (Lipinski definition) is 6. The Bertz CT molecular complexity index is 938. The average molecular weight is 412 g/mol. The summed E-state index contributed by atoms with van der Waals surface area (Å²) in [5.41, 5.74) is 1.84. The van der Waals surface area contributed by atoms with Crippen molar-refractivity contribution in [2.75, 3.05) is 38.9 Å². The molecule has 0 saturated carbocycles. The van der Waals surface area contributed by atoms with E-state index in [0.717, 1.165) is 47.5 Å². The van der Waals surface area contributed by atoms with Gasteiger partial charge in [-0.15, -0.1) is 6.58 Å². The lowest BCUT2D eigenvalue weighted by Gasteiger charge is -2.27. The number of benzene rings is 1. The van der Waals surface area contributed by atoms with Gasteiger partial charge in [-0.05, 0) is 31.4 Å². The molecule has 0 aliphatic carbocycles. The van der Waals surface area contributed by atoms with Gasteiger partial charge in [0.15, 0.2) is 11.5 Å². The number of anilines is 1. The Morgan fingerprint density at radius 2 is 2.07 bits per heavy atom. The highest BCUT2D eigenvalue weighted by Gasteiger charge is 2.24. The van der Waals surface area contributed by atoms with Gasteiger partial charge >= 0.3 is 0 Å². The maximum absolute atomic E-state index is 12.9. The Morgan fingerprint density at radius 3 is 2.77 bits per heavy atom. The smallest absolute Gasteiger partial charge is 0.231 e. The van der Waals surface area contributed by atoms with Gasteiger partial charge < -0.3 is 24.0 Å². The highest BCUT2D eigenvalue weighted by atomic mass is 16.7. The molecule has 30 heavy (non-hydrogen) atoms. The van der Waals surface area contributed by atoms with Crippen molar-refractivity contribution in [3.05, 3.63) is 36.4 Å². The molecule has 1 aromatic heterocycles. The second kappa shape index (κ2) is 8.92. The van der Waals surface area contributed by atoms with Crippen LogP contribution in [0.4, 0.5) is 5.82 Å². The quantitative estimate of drug-likeness (QED) is 0.620. The van der Waals surface area contributed by atoms with Crippen molar-refractivity contribution in [2.24, 2.45) is 0 Å². The first kappa shape index (κ1) is 20.5. The predicted octanol–water partition coefficient (Wildman–Crippen LogP) is 3.50. The van der Waals surface area contributed by atoms with Crippen LogP contribution < -0.4 is 14.4 Å². The first-order chi connectivity index (χ1) is 14.5. The zero-order chi connectivity index (χ0) is 21.1. The highest BCUT2D eigenvalue weighted by Crippen LogP contribution is 2.37. The lowest BCUT2D eigenvalue weighted by Crippen LogP contribution is -2.37. The van der Waals surface area contributed by atoms with E-state index in [1.807, 2.05) is 36.0 Å². The van der Waals surface area contributed by atoms with E-state index in [1.165, 1.54) is 0 Å². The zero-order valence-corrected chi connectivity index (χ0v) is 17.7. The molecule has 7 nitrogen and oxygen atoms in total. The molecule has 0 radical (unpaired) electrons. The van der Waals surface area contributed by atoms with Gasteiger partial charge in [0.05, 0.1) is 11.6 Å². The van der Waals surface area contributed by atoms with Crippen LogP contribution in [-0.4, -0.2) is 55.9 Å². The van der Waals surface area contributed by atoms with Gasteiger partial charge in [-0.3, -0.25) is 4.79 Å². The molecule has 1 saturated heterocycles. The summed E-state index contributed by atoms with van der Waals surface area (Å²) in [5, 5.41) is 0.968. The topological polar surface area (TPSA) is 64.1 Å². The van der Waals surface area contributed by atoms with Crippen molar-refractivity contribution in [3.63, 3.8) is 0 Å². The lowest BCUT2D eigenvalue weighted by molar-refractivity contribution is -0.133. The summed E-state index contributed by atoms with van der Waals surface area (Å²) in [4.78, 5) is 21.7. The number of aromatic nitrogens is 1. The van der Waals surface area contributed by atoms with Crippen LogP contribution in [0, 0.1) is 0 Å². The molecule has 2 aromatic rings. The second-order valence-corrected chi connectivity index (χ2v) is 8.00. The third-order valence-corrected chi connectivity index (χ3v) is 5.51. The summed E-state index contributed by atoms with van der Waals surface area (Å²) in [6, 6.07) is 5.97. The molecule has 7 heteroatoms. The molecule has 1 aromatic carbocycles. The van der Waals surface area contributed by atoms with E-state index in [0.29, 0.717) is 31.7 Å². The number of pyridine rings is 1. The van der Waals surface area contributed by atoms with Gasteiger partial charge in [-0.2, -0.15) is 0 Å². The van der Waals surface area contributed by atoms with Crippen molar-refractivity contribution in [3.8, 4) is 11.5 Å². The van der Waals surface area contributed by atoms with Gasteiger partial charge in [-0.1, -0.05) is 6.08 Å². The number of ether oxygens (including phenoxy) is 3. The molecule has 4 rings (SSSR count). The van der Waals surface area contributed by atoms with E-state index in [9.17, 15) is 4.79 Å². The maximum atomic E-state index is 12.9. The number of carbonyl (C=O) groups is 1. The van der Waals surface area contributed by atoms with E-state index in [1.54, 1.807) is 6.08 Å². The number of allylic oxidation sites excluding steroid dienone is 1. The molecule has 2 aliphatic heterocycles. The fraction of sp³-hybridized carbons (Fsp3) is 0.478. The molecule has 0 spiro atoms. The van der Waals surface area contributed by atoms with Crippen LogP contribution >= 0.6 is 0 Å². The predicted molar refractivity (Wildman–Crippen MR) is 116 cm³/mol. The minimum Gasteiger partial charge on any atom is -0.454 e. The summed E-state index contributed by atoms with van der Waals surface area (Å²) in [6.45, 7) is 5.83. The van der Waals surface area contributed by atoms with Crippen LogP contribution in [0.25, 0.3) is 10.9 Å². The first-order valence-corrected chi connectivity index (χ1v) is 10.5. The van der Waals surface area contributed by atoms with Gasteiger partial charge in [0, 0.05) is 57.2 Å². The Balaban J connectivity index is 1.66. The first-order valence-electron chi connectivity index (χ1n) is 10.5. The summed E-state index contributed by atoms with van der Waals surface area (Å²) in [7, 11) is 3.93. The molecular formula is C23H29N3O4. The van der Waals surface area contributed by atoms with E-state index < -0.39 is 0 Å². The largest absolute Gasteiger partial charge is 0.454 e. The average Bonchev–Trinajstić information content (AvgIpc) is 3.40. The van der Waals surface area contributed by atoms with Crippen molar-refractivity contribution < 1.29 is 19.0 Å². The number of fused-ring (bicyclic) bond motifs is 2. The Kier molecular flexibility index (Phi) is 6.08. The summed E-state index contributed by atoms with van der Waals surface area (Å²) in [6.07, 6.45) is 5.04. The fourth-order valence-electron chi connectivity index (χ4n) is 3.98. The normalized spacial score (nSPS) is 17.3. The molecule has 3 heterocycles. The van der Waals surface area contributed by atoms with Crippen molar-refractivity contribution in [1.82, 2.24) is 9.88 Å². The monoisotopic (exact) mass is 411 g/mol. The van der Waals surface area contributed by atoms with Gasteiger partial charge in [0.1, 0.15) is 5.82 Å². The lowest BCUT2D eigenvalue weighted by atomic mass is 10.1. The van der Waals surface area contributed by atoms with Gasteiger partial charge in [-0.25, -0.2) is 4.98 Å². The van der Waals surface area contributed by atoms with E-state index >= 15 is 0 Å². The van der Waals surface area contributed by atoms with Crippen LogP contribution in [0.15, 0.2) is 30.9 Å². The second-order valence-electron chi connectivity index (χ2n) is 8.00. The minimum absolute atomic E-state index is 0.0997.